The highest BCUT2D eigenvalue weighted by molar-refractivity contribution is 9.10. The summed E-state index contributed by atoms with van der Waals surface area (Å²) in [5, 5.41) is 8.91. The number of benzene rings is 2. The van der Waals surface area contributed by atoms with E-state index in [9.17, 15) is 0 Å². The molecule has 0 saturated heterocycles. The first-order chi connectivity index (χ1) is 9.11. The molecule has 19 heavy (non-hydrogen) atoms. The van der Waals surface area contributed by atoms with Crippen LogP contribution in [0.4, 0.5) is 11.4 Å². The first kappa shape index (κ1) is 13.4. The van der Waals surface area contributed by atoms with Gasteiger partial charge in [0, 0.05) is 29.4 Å². The van der Waals surface area contributed by atoms with Gasteiger partial charge in [-0.05, 0) is 45.8 Å². The third kappa shape index (κ3) is 3.07. The quantitative estimate of drug-likeness (QED) is 0.881. The molecular weight excluding hydrogens is 302 g/mol. The molecule has 4 heteroatoms. The molecule has 3 nitrogen and oxygen atoms in total. The maximum atomic E-state index is 8.91. The average molecular weight is 316 g/mol. The maximum Gasteiger partial charge on any atom is 0.100 e. The van der Waals surface area contributed by atoms with E-state index in [4.69, 9.17) is 11.0 Å². The molecule has 2 rings (SSSR count). The molecule has 0 saturated carbocycles. The van der Waals surface area contributed by atoms with E-state index in [1.807, 2.05) is 49.5 Å². The van der Waals surface area contributed by atoms with Gasteiger partial charge in [-0.15, -0.1) is 0 Å². The van der Waals surface area contributed by atoms with Gasteiger partial charge in [0.25, 0.3) is 0 Å². The third-order valence-corrected chi connectivity index (χ3v) is 3.63. The second-order valence-corrected chi connectivity index (χ2v) is 5.19. The lowest BCUT2D eigenvalue weighted by Gasteiger charge is -2.20. The van der Waals surface area contributed by atoms with Gasteiger partial charge in [0.15, 0.2) is 0 Å². The lowest BCUT2D eigenvalue weighted by molar-refractivity contribution is 0.925. The monoisotopic (exact) mass is 315 g/mol. The molecule has 0 heterocycles. The summed E-state index contributed by atoms with van der Waals surface area (Å²) in [6.07, 6.45) is 0. The van der Waals surface area contributed by atoms with Gasteiger partial charge in [-0.2, -0.15) is 5.26 Å². The van der Waals surface area contributed by atoms with Gasteiger partial charge in [0.2, 0.25) is 0 Å². The minimum atomic E-state index is 0.636. The van der Waals surface area contributed by atoms with Crippen LogP contribution in [0.2, 0.25) is 0 Å². The summed E-state index contributed by atoms with van der Waals surface area (Å²) >= 11 is 3.40. The Morgan fingerprint density at radius 2 is 2.00 bits per heavy atom. The summed E-state index contributed by atoms with van der Waals surface area (Å²) < 4.78 is 0.806. The fourth-order valence-electron chi connectivity index (χ4n) is 1.86. The standard InChI is InChI=1S/C15H14BrN3/c1-19(10-12-4-2-3-5-15(12)18)13-7-6-11(9-17)14(16)8-13/h2-8H,10,18H2,1H3. The van der Waals surface area contributed by atoms with Gasteiger partial charge >= 0.3 is 0 Å². The minimum Gasteiger partial charge on any atom is -0.398 e. The molecular formula is C15H14BrN3. The lowest BCUT2D eigenvalue weighted by atomic mass is 10.1. The normalized spacial score (nSPS) is 9.95. The van der Waals surface area contributed by atoms with Crippen LogP contribution >= 0.6 is 15.9 Å². The number of hydrogen-bond donors (Lipinski definition) is 1. The number of nitrogens with two attached hydrogens (primary N) is 1. The number of halogens is 1. The largest absolute Gasteiger partial charge is 0.398 e. The van der Waals surface area contributed by atoms with Crippen molar-refractivity contribution in [2.24, 2.45) is 0 Å². The van der Waals surface area contributed by atoms with Gasteiger partial charge in [-0.3, -0.25) is 0 Å². The Labute approximate surface area is 121 Å². The summed E-state index contributed by atoms with van der Waals surface area (Å²) in [4.78, 5) is 2.09. The van der Waals surface area contributed by atoms with Crippen LogP contribution in [0.1, 0.15) is 11.1 Å². The zero-order valence-corrected chi connectivity index (χ0v) is 12.2. The zero-order chi connectivity index (χ0) is 13.8. The zero-order valence-electron chi connectivity index (χ0n) is 10.6. The highest BCUT2D eigenvalue weighted by atomic mass is 79.9. The molecule has 0 unspecified atom stereocenters. The predicted molar refractivity (Wildman–Crippen MR) is 81.8 cm³/mol. The van der Waals surface area contributed by atoms with Gasteiger partial charge in [-0.1, -0.05) is 18.2 Å². The van der Waals surface area contributed by atoms with Crippen molar-refractivity contribution < 1.29 is 0 Å². The van der Waals surface area contributed by atoms with Crippen molar-refractivity contribution in [3.63, 3.8) is 0 Å². The number of anilines is 2. The molecule has 0 amide bonds. The van der Waals surface area contributed by atoms with Crippen LogP contribution in [-0.4, -0.2) is 7.05 Å². The van der Waals surface area contributed by atoms with Gasteiger partial charge in [0.1, 0.15) is 6.07 Å². The Morgan fingerprint density at radius 3 is 2.63 bits per heavy atom. The van der Waals surface area contributed by atoms with E-state index in [0.29, 0.717) is 5.56 Å². The van der Waals surface area contributed by atoms with Crippen LogP contribution in [0.15, 0.2) is 46.9 Å². The smallest absolute Gasteiger partial charge is 0.100 e. The Morgan fingerprint density at radius 1 is 1.26 bits per heavy atom. The third-order valence-electron chi connectivity index (χ3n) is 2.98. The van der Waals surface area contributed by atoms with Crippen LogP contribution in [-0.2, 0) is 6.54 Å². The Balaban J connectivity index is 2.21. The van der Waals surface area contributed by atoms with Crippen molar-refractivity contribution in [1.82, 2.24) is 0 Å². The van der Waals surface area contributed by atoms with E-state index in [1.165, 1.54) is 0 Å². The molecule has 0 fully saturated rings. The maximum absolute atomic E-state index is 8.91. The fourth-order valence-corrected chi connectivity index (χ4v) is 2.31. The number of hydrogen-bond acceptors (Lipinski definition) is 3. The van der Waals surface area contributed by atoms with E-state index in [0.717, 1.165) is 28.0 Å². The molecule has 0 bridgehead atoms. The molecule has 0 atom stereocenters. The summed E-state index contributed by atoms with van der Waals surface area (Å²) in [7, 11) is 2.00. The number of nitriles is 1. The van der Waals surface area contributed by atoms with Crippen LogP contribution < -0.4 is 10.6 Å². The van der Waals surface area contributed by atoms with E-state index in [-0.39, 0.29) is 0 Å². The van der Waals surface area contributed by atoms with E-state index in [1.54, 1.807) is 0 Å². The molecule has 2 aromatic carbocycles. The van der Waals surface area contributed by atoms with Crippen LogP contribution in [0, 0.1) is 11.3 Å². The van der Waals surface area contributed by atoms with E-state index in [2.05, 4.69) is 26.9 Å². The molecule has 0 aliphatic carbocycles. The predicted octanol–water partition coefficient (Wildman–Crippen LogP) is 3.54. The number of rotatable bonds is 3. The Kier molecular flexibility index (Phi) is 4.08. The number of para-hydroxylation sites is 1. The van der Waals surface area contributed by atoms with Crippen LogP contribution in [0.5, 0.6) is 0 Å². The first-order valence-corrected chi connectivity index (χ1v) is 6.65. The summed E-state index contributed by atoms with van der Waals surface area (Å²) in [5.41, 5.74) is 9.50. The summed E-state index contributed by atoms with van der Waals surface area (Å²) in [5.74, 6) is 0. The molecule has 96 valence electrons. The molecule has 0 spiro atoms. The van der Waals surface area contributed by atoms with Crippen LogP contribution in [0.25, 0.3) is 0 Å². The number of nitrogen functional groups attached to an aromatic ring is 1. The second kappa shape index (κ2) is 5.77. The Hall–Kier alpha value is -1.99. The van der Waals surface area contributed by atoms with Gasteiger partial charge in [-0.25, -0.2) is 0 Å². The topological polar surface area (TPSA) is 53.0 Å². The SMILES string of the molecule is CN(Cc1ccccc1N)c1ccc(C#N)c(Br)c1. The fraction of sp³-hybridized carbons (Fsp3) is 0.133. The lowest BCUT2D eigenvalue weighted by Crippen LogP contribution is -2.17. The highest BCUT2D eigenvalue weighted by Gasteiger charge is 2.07. The van der Waals surface area contributed by atoms with Crippen molar-refractivity contribution in [3.05, 3.63) is 58.1 Å². The van der Waals surface area contributed by atoms with Gasteiger partial charge < -0.3 is 10.6 Å². The number of nitrogens with zero attached hydrogens (tertiary/aromatic N) is 2. The molecule has 0 aliphatic rings. The summed E-state index contributed by atoms with van der Waals surface area (Å²) in [6, 6.07) is 15.6. The van der Waals surface area contributed by atoms with Crippen molar-refractivity contribution in [2.75, 3.05) is 17.7 Å². The molecule has 2 aromatic rings. The molecule has 2 N–H and O–H groups in total. The summed E-state index contributed by atoms with van der Waals surface area (Å²) in [6.45, 7) is 0.727. The molecule has 0 aliphatic heterocycles. The first-order valence-electron chi connectivity index (χ1n) is 5.86. The molecule has 0 radical (unpaired) electrons. The van der Waals surface area contributed by atoms with E-state index >= 15 is 0 Å². The van der Waals surface area contributed by atoms with Crippen molar-refractivity contribution in [3.8, 4) is 6.07 Å². The van der Waals surface area contributed by atoms with Crippen molar-refractivity contribution >= 4 is 27.3 Å². The highest BCUT2D eigenvalue weighted by Crippen LogP contribution is 2.24. The van der Waals surface area contributed by atoms with E-state index < -0.39 is 0 Å². The second-order valence-electron chi connectivity index (χ2n) is 4.33. The van der Waals surface area contributed by atoms with Crippen molar-refractivity contribution in [1.29, 1.82) is 5.26 Å². The Bertz CT molecular complexity index is 632. The van der Waals surface area contributed by atoms with Crippen molar-refractivity contribution in [2.45, 2.75) is 6.54 Å². The average Bonchev–Trinajstić information content (AvgIpc) is 2.41. The minimum absolute atomic E-state index is 0.636. The van der Waals surface area contributed by atoms with Crippen LogP contribution in [0.3, 0.4) is 0 Å². The van der Waals surface area contributed by atoms with Gasteiger partial charge in [0.05, 0.1) is 5.56 Å². The molecule has 0 aromatic heterocycles.